The van der Waals surface area contributed by atoms with Gasteiger partial charge in [-0.05, 0) is 26.0 Å². The molecule has 2 aromatic rings. The number of ether oxygens (including phenoxy) is 1. The number of nitrogens with zero attached hydrogens (tertiary/aromatic N) is 1. The van der Waals surface area contributed by atoms with Gasteiger partial charge in [0.2, 0.25) is 5.91 Å². The molecular formula is C14H18N4O3S. The van der Waals surface area contributed by atoms with E-state index in [0.29, 0.717) is 11.7 Å². The van der Waals surface area contributed by atoms with E-state index in [0.717, 1.165) is 16.8 Å². The summed E-state index contributed by atoms with van der Waals surface area (Å²) in [6.45, 7) is 3.96. The van der Waals surface area contributed by atoms with Crippen molar-refractivity contribution in [2.24, 2.45) is 0 Å². The molecule has 0 saturated carbocycles. The number of aromatic amines is 1. The molecule has 0 saturated heterocycles. The van der Waals surface area contributed by atoms with Crippen molar-refractivity contribution in [2.75, 3.05) is 13.7 Å². The predicted molar refractivity (Wildman–Crippen MR) is 85.2 cm³/mol. The van der Waals surface area contributed by atoms with Crippen LogP contribution in [0.5, 0.6) is 5.75 Å². The lowest BCUT2D eigenvalue weighted by molar-refractivity contribution is -0.119. The Hall–Kier alpha value is -2.22. The SMILES string of the molecule is CCNC(=O)NC(=O)[C@H](C)Sc1nc2ccc(OC)cc2[nH]1. The minimum Gasteiger partial charge on any atom is -0.497 e. The number of thioether (sulfide) groups is 1. The second-order valence-corrected chi connectivity index (χ2v) is 5.86. The first-order chi connectivity index (χ1) is 10.5. The molecule has 0 bridgehead atoms. The quantitative estimate of drug-likeness (QED) is 0.731. The molecular weight excluding hydrogens is 304 g/mol. The van der Waals surface area contributed by atoms with Crippen LogP contribution < -0.4 is 15.4 Å². The Balaban J connectivity index is 2.03. The van der Waals surface area contributed by atoms with E-state index in [-0.39, 0.29) is 5.91 Å². The molecule has 0 unspecified atom stereocenters. The maximum atomic E-state index is 11.9. The normalized spacial score (nSPS) is 12.0. The predicted octanol–water partition coefficient (Wildman–Crippen LogP) is 1.90. The number of carbonyl (C=O) groups excluding carboxylic acids is 2. The second kappa shape index (κ2) is 7.17. The molecule has 1 heterocycles. The summed E-state index contributed by atoms with van der Waals surface area (Å²) in [4.78, 5) is 30.7. The van der Waals surface area contributed by atoms with E-state index in [1.807, 2.05) is 18.2 Å². The van der Waals surface area contributed by atoms with Crippen molar-refractivity contribution >= 4 is 34.7 Å². The number of benzene rings is 1. The number of imidazole rings is 1. The summed E-state index contributed by atoms with van der Waals surface area (Å²) in [6.07, 6.45) is 0. The first-order valence-corrected chi connectivity index (χ1v) is 7.70. The lowest BCUT2D eigenvalue weighted by Crippen LogP contribution is -2.42. The van der Waals surface area contributed by atoms with Crippen LogP contribution in [0.15, 0.2) is 23.4 Å². The van der Waals surface area contributed by atoms with Gasteiger partial charge < -0.3 is 15.0 Å². The monoisotopic (exact) mass is 322 g/mol. The highest BCUT2D eigenvalue weighted by Gasteiger charge is 2.18. The zero-order chi connectivity index (χ0) is 16.1. The largest absolute Gasteiger partial charge is 0.497 e. The molecule has 0 spiro atoms. The number of H-pyrrole nitrogens is 1. The van der Waals surface area contributed by atoms with Crippen molar-refractivity contribution in [3.63, 3.8) is 0 Å². The Bertz CT molecular complexity index is 686. The van der Waals surface area contributed by atoms with E-state index in [4.69, 9.17) is 4.74 Å². The standard InChI is InChI=1S/C14H18N4O3S/c1-4-15-13(20)18-12(19)8(2)22-14-16-10-6-5-9(21-3)7-11(10)17-14/h5-8H,4H2,1-3H3,(H,16,17)(H2,15,18,19,20)/t8-/m0/s1. The third-order valence-corrected chi connectivity index (χ3v) is 3.88. The van der Waals surface area contributed by atoms with Crippen LogP contribution in [-0.4, -0.2) is 40.8 Å². The lowest BCUT2D eigenvalue weighted by atomic mass is 10.3. The van der Waals surface area contributed by atoms with Gasteiger partial charge in [-0.2, -0.15) is 0 Å². The van der Waals surface area contributed by atoms with Crippen LogP contribution in [0, 0.1) is 0 Å². The highest BCUT2D eigenvalue weighted by Crippen LogP contribution is 2.25. The average Bonchev–Trinajstić information content (AvgIpc) is 2.88. The fourth-order valence-electron chi connectivity index (χ4n) is 1.79. The van der Waals surface area contributed by atoms with Gasteiger partial charge >= 0.3 is 6.03 Å². The van der Waals surface area contributed by atoms with Crippen LogP contribution in [0.3, 0.4) is 0 Å². The van der Waals surface area contributed by atoms with Crippen molar-refractivity contribution in [1.82, 2.24) is 20.6 Å². The molecule has 8 heteroatoms. The number of rotatable bonds is 5. The molecule has 1 aromatic carbocycles. The third kappa shape index (κ3) is 3.91. The van der Waals surface area contributed by atoms with Gasteiger partial charge in [0.15, 0.2) is 5.16 Å². The molecule has 0 fully saturated rings. The summed E-state index contributed by atoms with van der Waals surface area (Å²) in [5.41, 5.74) is 1.62. The smallest absolute Gasteiger partial charge is 0.321 e. The zero-order valence-corrected chi connectivity index (χ0v) is 13.4. The number of aromatic nitrogens is 2. The first-order valence-electron chi connectivity index (χ1n) is 6.82. The molecule has 1 aromatic heterocycles. The van der Waals surface area contributed by atoms with E-state index >= 15 is 0 Å². The fraction of sp³-hybridized carbons (Fsp3) is 0.357. The molecule has 0 aliphatic carbocycles. The van der Waals surface area contributed by atoms with Gasteiger partial charge in [-0.1, -0.05) is 11.8 Å². The van der Waals surface area contributed by atoms with Crippen molar-refractivity contribution in [1.29, 1.82) is 0 Å². The van der Waals surface area contributed by atoms with Crippen LogP contribution >= 0.6 is 11.8 Å². The summed E-state index contributed by atoms with van der Waals surface area (Å²) in [5.74, 6) is 0.365. The van der Waals surface area contributed by atoms with Crippen molar-refractivity contribution in [3.8, 4) is 5.75 Å². The Morgan fingerprint density at radius 1 is 1.45 bits per heavy atom. The Morgan fingerprint density at radius 3 is 2.91 bits per heavy atom. The minimum atomic E-state index is -0.491. The van der Waals surface area contributed by atoms with Gasteiger partial charge in [-0.25, -0.2) is 9.78 Å². The van der Waals surface area contributed by atoms with Crippen LogP contribution in [0.2, 0.25) is 0 Å². The lowest BCUT2D eigenvalue weighted by Gasteiger charge is -2.09. The van der Waals surface area contributed by atoms with Gasteiger partial charge in [0, 0.05) is 12.6 Å². The maximum absolute atomic E-state index is 11.9. The number of methoxy groups -OCH3 is 1. The number of hydrogen-bond donors (Lipinski definition) is 3. The third-order valence-electron chi connectivity index (χ3n) is 2.90. The van der Waals surface area contributed by atoms with E-state index in [1.54, 1.807) is 21.0 Å². The van der Waals surface area contributed by atoms with Gasteiger partial charge in [-0.3, -0.25) is 10.1 Å². The summed E-state index contributed by atoms with van der Waals surface area (Å²) in [5, 5.41) is 4.95. The topological polar surface area (TPSA) is 96.1 Å². The highest BCUT2D eigenvalue weighted by molar-refractivity contribution is 8.00. The van der Waals surface area contributed by atoms with Gasteiger partial charge in [0.25, 0.3) is 0 Å². The molecule has 7 nitrogen and oxygen atoms in total. The number of carbonyl (C=O) groups is 2. The number of imide groups is 1. The summed E-state index contributed by atoms with van der Waals surface area (Å²) < 4.78 is 5.15. The number of fused-ring (bicyclic) bond motifs is 1. The summed E-state index contributed by atoms with van der Waals surface area (Å²) >= 11 is 1.25. The van der Waals surface area contributed by atoms with E-state index in [9.17, 15) is 9.59 Å². The van der Waals surface area contributed by atoms with Gasteiger partial charge in [-0.15, -0.1) is 0 Å². The second-order valence-electron chi connectivity index (χ2n) is 4.53. The van der Waals surface area contributed by atoms with E-state index < -0.39 is 11.3 Å². The molecule has 0 aliphatic rings. The molecule has 118 valence electrons. The Kier molecular flexibility index (Phi) is 5.26. The van der Waals surface area contributed by atoms with Crippen molar-refractivity contribution in [3.05, 3.63) is 18.2 Å². The summed E-state index contributed by atoms with van der Waals surface area (Å²) in [6, 6.07) is 5.01. The summed E-state index contributed by atoms with van der Waals surface area (Å²) in [7, 11) is 1.60. The number of hydrogen-bond acceptors (Lipinski definition) is 5. The molecule has 2 rings (SSSR count). The molecule has 0 aliphatic heterocycles. The van der Waals surface area contributed by atoms with E-state index in [1.165, 1.54) is 11.8 Å². The number of amides is 3. The van der Waals surface area contributed by atoms with Crippen molar-refractivity contribution < 1.29 is 14.3 Å². The van der Waals surface area contributed by atoms with Crippen LogP contribution in [0.1, 0.15) is 13.8 Å². The van der Waals surface area contributed by atoms with Gasteiger partial charge in [0.1, 0.15) is 5.75 Å². The van der Waals surface area contributed by atoms with Gasteiger partial charge in [0.05, 0.1) is 23.4 Å². The maximum Gasteiger partial charge on any atom is 0.321 e. The van der Waals surface area contributed by atoms with Crippen LogP contribution in [-0.2, 0) is 4.79 Å². The Labute approximate surface area is 132 Å². The molecule has 0 radical (unpaired) electrons. The minimum absolute atomic E-state index is 0.367. The molecule has 3 N–H and O–H groups in total. The first kappa shape index (κ1) is 16.2. The zero-order valence-electron chi connectivity index (χ0n) is 12.6. The Morgan fingerprint density at radius 2 is 2.23 bits per heavy atom. The number of nitrogens with one attached hydrogen (secondary N) is 3. The average molecular weight is 322 g/mol. The fourth-order valence-corrected chi connectivity index (χ4v) is 2.61. The molecule has 1 atom stereocenters. The van der Waals surface area contributed by atoms with Crippen molar-refractivity contribution in [2.45, 2.75) is 24.3 Å². The van der Waals surface area contributed by atoms with Crippen LogP contribution in [0.4, 0.5) is 4.79 Å². The number of urea groups is 1. The van der Waals surface area contributed by atoms with E-state index in [2.05, 4.69) is 20.6 Å². The molecule has 22 heavy (non-hydrogen) atoms. The molecule has 3 amide bonds. The van der Waals surface area contributed by atoms with Crippen LogP contribution in [0.25, 0.3) is 11.0 Å². The highest BCUT2D eigenvalue weighted by atomic mass is 32.2.